The van der Waals surface area contributed by atoms with Crippen molar-refractivity contribution in [2.45, 2.75) is 38.2 Å². The van der Waals surface area contributed by atoms with Crippen molar-refractivity contribution in [3.63, 3.8) is 0 Å². The van der Waals surface area contributed by atoms with Crippen LogP contribution in [0.15, 0.2) is 23.4 Å². The summed E-state index contributed by atoms with van der Waals surface area (Å²) < 4.78 is 46.8. The van der Waals surface area contributed by atoms with Crippen molar-refractivity contribution in [2.24, 2.45) is 0 Å². The van der Waals surface area contributed by atoms with Gasteiger partial charge in [0.1, 0.15) is 22.2 Å². The van der Waals surface area contributed by atoms with Crippen molar-refractivity contribution >= 4 is 22.2 Å². The second-order valence-corrected chi connectivity index (χ2v) is 8.75. The summed E-state index contributed by atoms with van der Waals surface area (Å²) in [5.41, 5.74) is -2.47. The van der Waals surface area contributed by atoms with Crippen LogP contribution in [0.1, 0.15) is 35.5 Å². The first-order chi connectivity index (χ1) is 16.2. The topological polar surface area (TPSA) is 138 Å². The molecular weight excluding hydrogens is 475 g/mol. The van der Waals surface area contributed by atoms with Gasteiger partial charge >= 0.3 is 6.18 Å². The molecule has 1 aliphatic heterocycles. The number of alkyl halides is 3. The van der Waals surface area contributed by atoms with E-state index in [1.165, 1.54) is 11.3 Å². The lowest BCUT2D eigenvalue weighted by atomic mass is 10.2. The molecule has 0 amide bonds. The molecule has 2 atom stereocenters. The highest BCUT2D eigenvalue weighted by atomic mass is 32.1. The van der Waals surface area contributed by atoms with Crippen LogP contribution in [0.5, 0.6) is 0 Å². The van der Waals surface area contributed by atoms with Gasteiger partial charge in [0.2, 0.25) is 0 Å². The number of halogens is 3. The van der Waals surface area contributed by atoms with E-state index in [-0.39, 0.29) is 19.3 Å². The number of nitrogens with one attached hydrogen (secondary N) is 2. The number of aromatic amines is 1. The van der Waals surface area contributed by atoms with Crippen LogP contribution in [0.4, 0.5) is 24.0 Å². The van der Waals surface area contributed by atoms with E-state index in [4.69, 9.17) is 10.00 Å². The summed E-state index contributed by atoms with van der Waals surface area (Å²) in [6, 6.07) is 1.65. The van der Waals surface area contributed by atoms with E-state index in [0.29, 0.717) is 17.1 Å². The van der Waals surface area contributed by atoms with Crippen molar-refractivity contribution in [1.82, 2.24) is 30.2 Å². The summed E-state index contributed by atoms with van der Waals surface area (Å²) in [6.07, 6.45) is 0.287. The standard InChI is InChI=1S/C19H20F3N9O2S/c1-11(26-15-6-25-28-17(32)16(15)19(20,21)22)9-33-10-12-7-31(29-27-12)13-2-3-30(8-13)18-24-5-14(4-23)34-18/h5-7,11,13H,2-3,8-10H2,1H3,(H2,26,28,32). The first-order valence-corrected chi connectivity index (χ1v) is 11.1. The molecule has 0 spiro atoms. The number of nitriles is 1. The zero-order valence-electron chi connectivity index (χ0n) is 17.9. The maximum absolute atomic E-state index is 13.1. The van der Waals surface area contributed by atoms with Gasteiger partial charge in [-0.1, -0.05) is 16.6 Å². The molecule has 180 valence electrons. The Morgan fingerprint density at radius 1 is 1.44 bits per heavy atom. The maximum atomic E-state index is 13.1. The summed E-state index contributed by atoms with van der Waals surface area (Å²) in [4.78, 5) is 18.5. The van der Waals surface area contributed by atoms with E-state index in [2.05, 4.69) is 36.7 Å². The molecule has 0 aromatic carbocycles. The summed E-state index contributed by atoms with van der Waals surface area (Å²) in [5, 5.41) is 25.9. The van der Waals surface area contributed by atoms with Crippen LogP contribution in [0.2, 0.25) is 0 Å². The predicted molar refractivity (Wildman–Crippen MR) is 115 cm³/mol. The molecule has 0 saturated carbocycles. The largest absolute Gasteiger partial charge is 0.423 e. The van der Waals surface area contributed by atoms with E-state index < -0.39 is 29.0 Å². The number of hydrogen-bond donors (Lipinski definition) is 2. The van der Waals surface area contributed by atoms with Gasteiger partial charge in [-0.15, -0.1) is 5.10 Å². The average Bonchev–Trinajstić information content (AvgIpc) is 3.52. The molecule has 3 aromatic rings. The highest BCUT2D eigenvalue weighted by Crippen LogP contribution is 2.32. The number of rotatable bonds is 8. The van der Waals surface area contributed by atoms with Gasteiger partial charge in [0.25, 0.3) is 5.56 Å². The molecule has 3 aromatic heterocycles. The average molecular weight is 495 g/mol. The Kier molecular flexibility index (Phi) is 6.80. The molecule has 4 rings (SSSR count). The van der Waals surface area contributed by atoms with Crippen LogP contribution in [-0.2, 0) is 17.5 Å². The van der Waals surface area contributed by atoms with Crippen LogP contribution in [0.3, 0.4) is 0 Å². The van der Waals surface area contributed by atoms with Crippen LogP contribution in [0.25, 0.3) is 0 Å². The molecule has 34 heavy (non-hydrogen) atoms. The van der Waals surface area contributed by atoms with Gasteiger partial charge in [-0.2, -0.15) is 23.5 Å². The van der Waals surface area contributed by atoms with Crippen LogP contribution in [-0.4, -0.2) is 55.9 Å². The molecule has 2 unspecified atom stereocenters. The third-order valence-electron chi connectivity index (χ3n) is 5.13. The van der Waals surface area contributed by atoms with Gasteiger partial charge in [-0.25, -0.2) is 14.8 Å². The lowest BCUT2D eigenvalue weighted by Gasteiger charge is -2.18. The monoisotopic (exact) mass is 495 g/mol. The second kappa shape index (κ2) is 9.77. The van der Waals surface area contributed by atoms with Gasteiger partial charge in [0.05, 0.1) is 43.5 Å². The molecule has 11 nitrogen and oxygen atoms in total. The fourth-order valence-electron chi connectivity index (χ4n) is 3.59. The quantitative estimate of drug-likeness (QED) is 0.482. The van der Waals surface area contributed by atoms with Crippen molar-refractivity contribution in [2.75, 3.05) is 29.9 Å². The lowest BCUT2D eigenvalue weighted by Crippen LogP contribution is -2.29. The molecule has 1 aliphatic rings. The SMILES string of the molecule is CC(COCc1cn(C2CCN(c3ncc(C#N)s3)C2)nn1)Nc1cn[nH]c(=O)c1C(F)(F)F. The third kappa shape index (κ3) is 5.34. The first kappa shape index (κ1) is 23.6. The first-order valence-electron chi connectivity index (χ1n) is 10.3. The molecule has 0 aliphatic carbocycles. The van der Waals surface area contributed by atoms with Crippen LogP contribution < -0.4 is 15.8 Å². The fourth-order valence-corrected chi connectivity index (χ4v) is 4.34. The zero-order valence-corrected chi connectivity index (χ0v) is 18.7. The number of anilines is 2. The number of ether oxygens (including phenoxy) is 1. The number of nitrogens with zero attached hydrogens (tertiary/aromatic N) is 7. The van der Waals surface area contributed by atoms with Gasteiger partial charge in [-0.3, -0.25) is 4.79 Å². The van der Waals surface area contributed by atoms with Gasteiger partial charge in [-0.05, 0) is 13.3 Å². The van der Waals surface area contributed by atoms with Crippen LogP contribution >= 0.6 is 11.3 Å². The molecule has 1 fully saturated rings. The Hall–Kier alpha value is -3.51. The summed E-state index contributed by atoms with van der Waals surface area (Å²) >= 11 is 1.35. The Morgan fingerprint density at radius 2 is 2.26 bits per heavy atom. The van der Waals surface area contributed by atoms with Crippen molar-refractivity contribution in [3.05, 3.63) is 45.1 Å². The highest BCUT2D eigenvalue weighted by molar-refractivity contribution is 7.16. The minimum atomic E-state index is -4.81. The minimum Gasteiger partial charge on any atom is -0.378 e. The Morgan fingerprint density at radius 3 is 3.00 bits per heavy atom. The van der Waals surface area contributed by atoms with E-state index in [0.717, 1.165) is 24.3 Å². The lowest BCUT2D eigenvalue weighted by molar-refractivity contribution is -0.138. The van der Waals surface area contributed by atoms with Crippen molar-refractivity contribution in [1.29, 1.82) is 5.26 Å². The van der Waals surface area contributed by atoms with E-state index in [1.807, 2.05) is 0 Å². The van der Waals surface area contributed by atoms with Gasteiger partial charge in [0, 0.05) is 19.1 Å². The van der Waals surface area contributed by atoms with Crippen LogP contribution in [0, 0.1) is 11.3 Å². The zero-order chi connectivity index (χ0) is 24.3. The fraction of sp³-hybridized carbons (Fsp3) is 0.474. The summed E-state index contributed by atoms with van der Waals surface area (Å²) in [6.45, 7) is 3.30. The summed E-state index contributed by atoms with van der Waals surface area (Å²) in [7, 11) is 0. The Labute approximate surface area is 195 Å². The second-order valence-electron chi connectivity index (χ2n) is 7.74. The van der Waals surface area contributed by atoms with E-state index in [1.54, 1.807) is 29.1 Å². The highest BCUT2D eigenvalue weighted by Gasteiger charge is 2.37. The van der Waals surface area contributed by atoms with Gasteiger partial charge < -0.3 is 15.0 Å². The number of H-pyrrole nitrogens is 1. The van der Waals surface area contributed by atoms with E-state index in [9.17, 15) is 18.0 Å². The Bertz CT molecular complexity index is 1230. The molecule has 2 N–H and O–H groups in total. The molecule has 15 heteroatoms. The van der Waals surface area contributed by atoms with Gasteiger partial charge in [0.15, 0.2) is 5.13 Å². The molecule has 4 heterocycles. The normalized spacial score (nSPS) is 17.0. The molecule has 0 radical (unpaired) electrons. The molecule has 0 bridgehead atoms. The number of thiazole rings is 1. The van der Waals surface area contributed by atoms with Crippen molar-refractivity contribution < 1.29 is 17.9 Å². The molecular formula is C19H20F3N9O2S. The smallest absolute Gasteiger partial charge is 0.378 e. The van der Waals surface area contributed by atoms with E-state index >= 15 is 0 Å². The summed E-state index contributed by atoms with van der Waals surface area (Å²) in [5.74, 6) is 0. The Balaban J connectivity index is 1.28. The third-order valence-corrected chi connectivity index (χ3v) is 6.09. The molecule has 1 saturated heterocycles. The number of hydrogen-bond acceptors (Lipinski definition) is 10. The predicted octanol–water partition coefficient (Wildman–Crippen LogP) is 2.18. The minimum absolute atomic E-state index is 0.0689. The maximum Gasteiger partial charge on any atom is 0.423 e. The number of aromatic nitrogens is 6. The van der Waals surface area contributed by atoms with Crippen molar-refractivity contribution in [3.8, 4) is 6.07 Å².